The zero-order valence-corrected chi connectivity index (χ0v) is 12.1. The minimum atomic E-state index is -0.444. The van der Waals surface area contributed by atoms with Crippen molar-refractivity contribution in [1.82, 2.24) is 0 Å². The molecule has 0 bridgehead atoms. The summed E-state index contributed by atoms with van der Waals surface area (Å²) in [4.78, 5) is 25.5. The number of methoxy groups -OCH3 is 1. The minimum absolute atomic E-state index is 0.00257. The van der Waals surface area contributed by atoms with Crippen molar-refractivity contribution in [3.8, 4) is 5.75 Å². The molecule has 0 aliphatic carbocycles. The Morgan fingerprint density at radius 1 is 1.23 bits per heavy atom. The van der Waals surface area contributed by atoms with Crippen LogP contribution in [0, 0.1) is 0 Å². The monoisotopic (exact) mass is 297 g/mol. The highest BCUT2D eigenvalue weighted by Gasteiger charge is 2.26. The number of ether oxygens (including phenoxy) is 2. The lowest BCUT2D eigenvalue weighted by atomic mass is 10.1. The minimum Gasteiger partial charge on any atom is -0.482 e. The third-order valence-electron chi connectivity index (χ3n) is 3.51. The fourth-order valence-electron chi connectivity index (χ4n) is 2.39. The number of amides is 1. The van der Waals surface area contributed by atoms with Crippen molar-refractivity contribution in [3.63, 3.8) is 0 Å². The standard InChI is InChI=1S/C17H15NO4/c1-21-17(20)13-7-8-15-14(9-13)18(16(19)11-22-15)10-12-5-3-2-4-6-12/h2-9H,10-11H2,1H3. The number of carbonyl (C=O) groups is 2. The predicted octanol–water partition coefficient (Wildman–Crippen LogP) is 2.40. The summed E-state index contributed by atoms with van der Waals surface area (Å²) in [5.74, 6) is 0.00189. The van der Waals surface area contributed by atoms with Crippen molar-refractivity contribution in [2.75, 3.05) is 18.6 Å². The highest BCUT2D eigenvalue weighted by atomic mass is 16.5. The molecule has 1 amide bonds. The highest BCUT2D eigenvalue weighted by molar-refractivity contribution is 6.00. The normalized spacial score (nSPS) is 13.3. The summed E-state index contributed by atoms with van der Waals surface area (Å²) >= 11 is 0. The average Bonchev–Trinajstić information content (AvgIpc) is 2.57. The number of rotatable bonds is 3. The highest BCUT2D eigenvalue weighted by Crippen LogP contribution is 2.34. The number of esters is 1. The van der Waals surface area contributed by atoms with E-state index in [9.17, 15) is 9.59 Å². The average molecular weight is 297 g/mol. The second kappa shape index (κ2) is 5.89. The predicted molar refractivity (Wildman–Crippen MR) is 80.9 cm³/mol. The zero-order chi connectivity index (χ0) is 15.5. The fraction of sp³-hybridized carbons (Fsp3) is 0.176. The number of hydrogen-bond donors (Lipinski definition) is 0. The van der Waals surface area contributed by atoms with Crippen LogP contribution in [0.5, 0.6) is 5.75 Å². The van der Waals surface area contributed by atoms with Crippen LogP contribution < -0.4 is 9.64 Å². The first-order valence-corrected chi connectivity index (χ1v) is 6.88. The summed E-state index contributed by atoms with van der Waals surface area (Å²) < 4.78 is 10.2. The van der Waals surface area contributed by atoms with Crippen LogP contribution in [0.2, 0.25) is 0 Å². The van der Waals surface area contributed by atoms with Crippen LogP contribution in [0.3, 0.4) is 0 Å². The van der Waals surface area contributed by atoms with Crippen LogP contribution >= 0.6 is 0 Å². The summed E-state index contributed by atoms with van der Waals surface area (Å²) in [6.45, 7) is 0.429. The lowest BCUT2D eigenvalue weighted by Gasteiger charge is -2.29. The molecule has 0 unspecified atom stereocenters. The van der Waals surface area contributed by atoms with Gasteiger partial charge in [-0.3, -0.25) is 4.79 Å². The number of carbonyl (C=O) groups excluding carboxylic acids is 2. The topological polar surface area (TPSA) is 55.8 Å². The number of anilines is 1. The van der Waals surface area contributed by atoms with Crippen LogP contribution in [0.25, 0.3) is 0 Å². The molecule has 0 fully saturated rings. The van der Waals surface area contributed by atoms with Crippen LogP contribution in [-0.4, -0.2) is 25.6 Å². The Morgan fingerprint density at radius 3 is 2.73 bits per heavy atom. The zero-order valence-electron chi connectivity index (χ0n) is 12.1. The van der Waals surface area contributed by atoms with Gasteiger partial charge in [-0.05, 0) is 23.8 Å². The molecule has 0 spiro atoms. The molecule has 0 radical (unpaired) electrons. The molecular formula is C17H15NO4. The van der Waals surface area contributed by atoms with E-state index in [1.807, 2.05) is 30.3 Å². The lowest BCUT2D eigenvalue weighted by Crippen LogP contribution is -2.38. The van der Waals surface area contributed by atoms with E-state index in [1.54, 1.807) is 23.1 Å². The molecule has 2 aromatic carbocycles. The first-order chi connectivity index (χ1) is 10.7. The fourth-order valence-corrected chi connectivity index (χ4v) is 2.39. The molecule has 0 N–H and O–H groups in total. The van der Waals surface area contributed by atoms with Gasteiger partial charge in [0.15, 0.2) is 6.61 Å². The van der Waals surface area contributed by atoms with Crippen molar-refractivity contribution in [2.24, 2.45) is 0 Å². The van der Waals surface area contributed by atoms with Gasteiger partial charge in [-0.15, -0.1) is 0 Å². The van der Waals surface area contributed by atoms with Gasteiger partial charge < -0.3 is 14.4 Å². The Morgan fingerprint density at radius 2 is 2.00 bits per heavy atom. The summed E-state index contributed by atoms with van der Waals surface area (Å²) in [6.07, 6.45) is 0. The molecular weight excluding hydrogens is 282 g/mol. The van der Waals surface area contributed by atoms with Crippen LogP contribution in [0.15, 0.2) is 48.5 Å². The molecule has 1 aliphatic heterocycles. The third kappa shape index (κ3) is 2.65. The second-order valence-electron chi connectivity index (χ2n) is 4.93. The second-order valence-corrected chi connectivity index (χ2v) is 4.93. The van der Waals surface area contributed by atoms with Crippen molar-refractivity contribution >= 4 is 17.6 Å². The Bertz CT molecular complexity index is 712. The van der Waals surface area contributed by atoms with Gasteiger partial charge in [0.2, 0.25) is 0 Å². The van der Waals surface area contributed by atoms with Gasteiger partial charge in [0.25, 0.3) is 5.91 Å². The smallest absolute Gasteiger partial charge is 0.337 e. The molecule has 3 rings (SSSR count). The van der Waals surface area contributed by atoms with Gasteiger partial charge in [0.1, 0.15) is 5.75 Å². The first kappa shape index (κ1) is 14.1. The molecule has 0 saturated carbocycles. The Balaban J connectivity index is 1.98. The molecule has 1 aliphatic rings. The van der Waals surface area contributed by atoms with Crippen molar-refractivity contribution in [2.45, 2.75) is 6.54 Å². The van der Waals surface area contributed by atoms with Gasteiger partial charge in [0.05, 0.1) is 24.9 Å². The van der Waals surface area contributed by atoms with Gasteiger partial charge in [0, 0.05) is 0 Å². The Hall–Kier alpha value is -2.82. The van der Waals surface area contributed by atoms with E-state index in [-0.39, 0.29) is 12.5 Å². The van der Waals surface area contributed by atoms with Crippen molar-refractivity contribution in [1.29, 1.82) is 0 Å². The van der Waals surface area contributed by atoms with Gasteiger partial charge in [-0.2, -0.15) is 0 Å². The molecule has 5 heteroatoms. The summed E-state index contributed by atoms with van der Waals surface area (Å²) in [5.41, 5.74) is 1.98. The largest absolute Gasteiger partial charge is 0.482 e. The molecule has 5 nitrogen and oxygen atoms in total. The maximum atomic E-state index is 12.2. The molecule has 22 heavy (non-hydrogen) atoms. The van der Waals surface area contributed by atoms with E-state index in [1.165, 1.54) is 7.11 Å². The summed E-state index contributed by atoms with van der Waals surface area (Å²) in [6, 6.07) is 14.6. The van der Waals surface area contributed by atoms with Gasteiger partial charge in [-0.1, -0.05) is 30.3 Å². The van der Waals surface area contributed by atoms with E-state index in [2.05, 4.69) is 0 Å². The van der Waals surface area contributed by atoms with Crippen LogP contribution in [0.4, 0.5) is 5.69 Å². The lowest BCUT2D eigenvalue weighted by molar-refractivity contribution is -0.121. The van der Waals surface area contributed by atoms with Crippen molar-refractivity contribution in [3.05, 3.63) is 59.7 Å². The summed E-state index contributed by atoms with van der Waals surface area (Å²) in [7, 11) is 1.32. The van der Waals surface area contributed by atoms with Crippen LogP contribution in [-0.2, 0) is 16.1 Å². The van der Waals surface area contributed by atoms with Gasteiger partial charge >= 0.3 is 5.97 Å². The molecule has 1 heterocycles. The van der Waals surface area contributed by atoms with E-state index in [0.29, 0.717) is 23.5 Å². The molecule has 0 saturated heterocycles. The Kier molecular flexibility index (Phi) is 3.78. The number of benzene rings is 2. The molecule has 112 valence electrons. The third-order valence-corrected chi connectivity index (χ3v) is 3.51. The quantitative estimate of drug-likeness (QED) is 0.816. The SMILES string of the molecule is COC(=O)c1ccc2c(c1)N(Cc1ccccc1)C(=O)CO2. The number of hydrogen-bond acceptors (Lipinski definition) is 4. The van der Waals surface area contributed by atoms with Crippen molar-refractivity contribution < 1.29 is 19.1 Å². The summed E-state index contributed by atoms with van der Waals surface area (Å²) in [5, 5.41) is 0. The maximum Gasteiger partial charge on any atom is 0.337 e. The number of nitrogens with zero attached hydrogens (tertiary/aromatic N) is 1. The Labute approximate surface area is 128 Å². The molecule has 2 aromatic rings. The van der Waals surface area contributed by atoms with E-state index in [0.717, 1.165) is 5.56 Å². The molecule has 0 aromatic heterocycles. The van der Waals surface area contributed by atoms with E-state index < -0.39 is 5.97 Å². The first-order valence-electron chi connectivity index (χ1n) is 6.88. The van der Waals surface area contributed by atoms with E-state index >= 15 is 0 Å². The van der Waals surface area contributed by atoms with Crippen LogP contribution in [0.1, 0.15) is 15.9 Å². The molecule has 0 atom stereocenters. The number of fused-ring (bicyclic) bond motifs is 1. The maximum absolute atomic E-state index is 12.2. The van der Waals surface area contributed by atoms with E-state index in [4.69, 9.17) is 9.47 Å². The van der Waals surface area contributed by atoms with Gasteiger partial charge in [-0.25, -0.2) is 4.79 Å².